The van der Waals surface area contributed by atoms with Crippen LogP contribution in [0.2, 0.25) is 0 Å². The predicted molar refractivity (Wildman–Crippen MR) is 114 cm³/mol. The summed E-state index contributed by atoms with van der Waals surface area (Å²) >= 11 is 0. The predicted octanol–water partition coefficient (Wildman–Crippen LogP) is 3.72. The number of nitrogens with zero attached hydrogens (tertiary/aromatic N) is 1. The number of methoxy groups -OCH3 is 1. The lowest BCUT2D eigenvalue weighted by Gasteiger charge is -2.19. The van der Waals surface area contributed by atoms with Gasteiger partial charge in [-0.15, -0.1) is 0 Å². The third kappa shape index (κ3) is 5.15. The number of amides is 1. The Morgan fingerprint density at radius 1 is 1.03 bits per heavy atom. The number of carbonyl (C=O) groups excluding carboxylic acids is 2. The number of non-ortho nitro benzene ring substituents is 1. The van der Waals surface area contributed by atoms with Crippen molar-refractivity contribution < 1.29 is 24.0 Å². The first-order valence-electron chi connectivity index (χ1n) is 9.14. The van der Waals surface area contributed by atoms with Gasteiger partial charge in [0.2, 0.25) is 6.10 Å². The van der Waals surface area contributed by atoms with E-state index in [2.05, 4.69) is 5.32 Å². The molecule has 1 amide bonds. The van der Waals surface area contributed by atoms with Crippen LogP contribution in [0, 0.1) is 10.1 Å². The first-order chi connectivity index (χ1) is 14.9. The number of benzene rings is 3. The maximum absolute atomic E-state index is 13.0. The number of ether oxygens (including phenoxy) is 2. The highest BCUT2D eigenvalue weighted by atomic mass is 16.6. The molecule has 0 aliphatic heterocycles. The second-order valence-electron chi connectivity index (χ2n) is 6.45. The Bertz CT molecular complexity index is 1120. The van der Waals surface area contributed by atoms with Crippen molar-refractivity contribution in [2.75, 3.05) is 18.2 Å². The fourth-order valence-electron chi connectivity index (χ4n) is 2.83. The standard InChI is InChI=1S/C22H19N3O6/c1-30-17-9-5-8-15(12-17)24-21(26)20(14-6-3-2-4-7-14)31-22(27)18-11-10-16(25(28)29)13-19(18)23/h2-13,20H,23H2,1H3,(H,24,26). The minimum atomic E-state index is -1.28. The summed E-state index contributed by atoms with van der Waals surface area (Å²) in [5.41, 5.74) is 6.21. The van der Waals surface area contributed by atoms with Gasteiger partial charge in [0.25, 0.3) is 11.6 Å². The van der Waals surface area contributed by atoms with E-state index in [4.69, 9.17) is 15.2 Å². The van der Waals surface area contributed by atoms with Gasteiger partial charge in [-0.25, -0.2) is 4.79 Å². The van der Waals surface area contributed by atoms with Crippen LogP contribution in [0.1, 0.15) is 22.0 Å². The molecule has 3 aromatic carbocycles. The molecule has 1 unspecified atom stereocenters. The SMILES string of the molecule is COc1cccc(NC(=O)C(OC(=O)c2ccc([N+](=O)[O-])cc2N)c2ccccc2)c1. The maximum Gasteiger partial charge on any atom is 0.341 e. The highest BCUT2D eigenvalue weighted by molar-refractivity contribution is 6.00. The van der Waals surface area contributed by atoms with E-state index in [1.54, 1.807) is 54.6 Å². The Balaban J connectivity index is 1.86. The Hall–Kier alpha value is -4.40. The molecule has 0 saturated carbocycles. The number of nitro benzene ring substituents is 1. The smallest absolute Gasteiger partial charge is 0.341 e. The summed E-state index contributed by atoms with van der Waals surface area (Å²) in [5, 5.41) is 13.6. The molecule has 0 spiro atoms. The number of hydrogen-bond donors (Lipinski definition) is 2. The maximum atomic E-state index is 13.0. The van der Waals surface area contributed by atoms with Crippen LogP contribution in [0.25, 0.3) is 0 Å². The van der Waals surface area contributed by atoms with Crippen LogP contribution in [-0.4, -0.2) is 23.9 Å². The van der Waals surface area contributed by atoms with E-state index in [9.17, 15) is 19.7 Å². The van der Waals surface area contributed by atoms with E-state index >= 15 is 0 Å². The van der Waals surface area contributed by atoms with Crippen LogP contribution in [-0.2, 0) is 9.53 Å². The lowest BCUT2D eigenvalue weighted by atomic mass is 10.1. The quantitative estimate of drug-likeness (QED) is 0.257. The molecular formula is C22H19N3O6. The van der Waals surface area contributed by atoms with Crippen molar-refractivity contribution in [2.24, 2.45) is 0 Å². The van der Waals surface area contributed by atoms with E-state index in [1.165, 1.54) is 13.2 Å². The molecule has 0 aliphatic rings. The molecule has 0 aromatic heterocycles. The number of anilines is 2. The van der Waals surface area contributed by atoms with E-state index < -0.39 is 22.9 Å². The Kier molecular flexibility index (Phi) is 6.46. The van der Waals surface area contributed by atoms with Crippen LogP contribution in [0.4, 0.5) is 17.1 Å². The van der Waals surface area contributed by atoms with Crippen molar-refractivity contribution in [2.45, 2.75) is 6.10 Å². The van der Waals surface area contributed by atoms with Crippen molar-refractivity contribution in [3.63, 3.8) is 0 Å². The van der Waals surface area contributed by atoms with Gasteiger partial charge in [-0.1, -0.05) is 36.4 Å². The first kappa shape index (κ1) is 21.3. The Morgan fingerprint density at radius 3 is 2.42 bits per heavy atom. The Morgan fingerprint density at radius 2 is 1.77 bits per heavy atom. The summed E-state index contributed by atoms with van der Waals surface area (Å²) in [5.74, 6) is -0.931. The summed E-state index contributed by atoms with van der Waals surface area (Å²) in [4.78, 5) is 35.9. The monoisotopic (exact) mass is 421 g/mol. The fraction of sp³-hybridized carbons (Fsp3) is 0.0909. The topological polar surface area (TPSA) is 134 Å². The van der Waals surface area contributed by atoms with Crippen LogP contribution in [0.15, 0.2) is 72.8 Å². The van der Waals surface area contributed by atoms with Crippen LogP contribution >= 0.6 is 0 Å². The molecule has 0 saturated heterocycles. The zero-order valence-corrected chi connectivity index (χ0v) is 16.5. The van der Waals surface area contributed by atoms with Crippen molar-refractivity contribution in [3.8, 4) is 5.75 Å². The van der Waals surface area contributed by atoms with E-state index in [0.29, 0.717) is 17.0 Å². The number of rotatable bonds is 7. The van der Waals surface area contributed by atoms with Crippen molar-refractivity contribution in [1.29, 1.82) is 0 Å². The molecule has 9 nitrogen and oxygen atoms in total. The van der Waals surface area contributed by atoms with Crippen LogP contribution in [0.3, 0.4) is 0 Å². The normalized spacial score (nSPS) is 11.3. The van der Waals surface area contributed by atoms with Crippen LogP contribution in [0.5, 0.6) is 5.75 Å². The van der Waals surface area contributed by atoms with Crippen LogP contribution < -0.4 is 15.8 Å². The van der Waals surface area contributed by atoms with Crippen molar-refractivity contribution in [3.05, 3.63) is 94.0 Å². The molecule has 31 heavy (non-hydrogen) atoms. The number of nitro groups is 1. The highest BCUT2D eigenvalue weighted by Crippen LogP contribution is 2.26. The van der Waals surface area contributed by atoms with Gasteiger partial charge < -0.3 is 20.5 Å². The van der Waals surface area contributed by atoms with E-state index in [-0.39, 0.29) is 16.9 Å². The zero-order valence-electron chi connectivity index (χ0n) is 16.5. The second-order valence-corrected chi connectivity index (χ2v) is 6.45. The molecule has 0 heterocycles. The van der Waals surface area contributed by atoms with Gasteiger partial charge in [-0.3, -0.25) is 14.9 Å². The lowest BCUT2D eigenvalue weighted by Crippen LogP contribution is -2.26. The second kappa shape index (κ2) is 9.40. The van der Waals surface area contributed by atoms with E-state index in [0.717, 1.165) is 12.1 Å². The molecule has 0 aliphatic carbocycles. The molecule has 0 radical (unpaired) electrons. The molecule has 3 rings (SSSR count). The molecule has 0 bridgehead atoms. The summed E-state index contributed by atoms with van der Waals surface area (Å²) < 4.78 is 10.6. The number of esters is 1. The largest absolute Gasteiger partial charge is 0.497 e. The minimum Gasteiger partial charge on any atom is -0.497 e. The number of nitrogen functional groups attached to an aromatic ring is 1. The van der Waals surface area contributed by atoms with Crippen molar-refractivity contribution in [1.82, 2.24) is 0 Å². The summed E-state index contributed by atoms with van der Waals surface area (Å²) in [6.07, 6.45) is -1.28. The summed E-state index contributed by atoms with van der Waals surface area (Å²) in [6.45, 7) is 0. The summed E-state index contributed by atoms with van der Waals surface area (Å²) in [7, 11) is 1.50. The van der Waals surface area contributed by atoms with Gasteiger partial charge in [-0.2, -0.15) is 0 Å². The average Bonchev–Trinajstić information content (AvgIpc) is 2.77. The van der Waals surface area contributed by atoms with Gasteiger partial charge in [0.1, 0.15) is 5.75 Å². The molecule has 3 aromatic rings. The molecular weight excluding hydrogens is 402 g/mol. The zero-order chi connectivity index (χ0) is 22.4. The number of hydrogen-bond acceptors (Lipinski definition) is 7. The fourth-order valence-corrected chi connectivity index (χ4v) is 2.83. The molecule has 9 heteroatoms. The number of carbonyl (C=O) groups is 2. The first-order valence-corrected chi connectivity index (χ1v) is 9.14. The number of nitrogens with one attached hydrogen (secondary N) is 1. The molecule has 1 atom stereocenters. The summed E-state index contributed by atoms with van der Waals surface area (Å²) in [6, 6.07) is 18.6. The van der Waals surface area contributed by atoms with Gasteiger partial charge in [0.15, 0.2) is 0 Å². The van der Waals surface area contributed by atoms with Gasteiger partial charge in [0, 0.05) is 29.4 Å². The third-order valence-corrected chi connectivity index (χ3v) is 4.37. The average molecular weight is 421 g/mol. The minimum absolute atomic E-state index is 0.0827. The van der Waals surface area contributed by atoms with Gasteiger partial charge in [0.05, 0.1) is 23.3 Å². The highest BCUT2D eigenvalue weighted by Gasteiger charge is 2.27. The van der Waals surface area contributed by atoms with Gasteiger partial charge in [-0.05, 0) is 18.2 Å². The third-order valence-electron chi connectivity index (χ3n) is 4.37. The Labute approximate surface area is 177 Å². The van der Waals surface area contributed by atoms with Crippen molar-refractivity contribution >= 4 is 28.9 Å². The lowest BCUT2D eigenvalue weighted by molar-refractivity contribution is -0.384. The molecule has 3 N–H and O–H groups in total. The molecule has 158 valence electrons. The van der Waals surface area contributed by atoms with E-state index in [1.807, 2.05) is 0 Å². The van der Waals surface area contributed by atoms with Gasteiger partial charge >= 0.3 is 5.97 Å². The molecule has 0 fully saturated rings. The number of nitrogens with two attached hydrogens (primary N) is 1.